The number of aromatic nitrogens is 2. The van der Waals surface area contributed by atoms with Crippen molar-refractivity contribution in [2.45, 2.75) is 44.4 Å². The van der Waals surface area contributed by atoms with Crippen LogP contribution in [0.1, 0.15) is 48.2 Å². The third kappa shape index (κ3) is 5.80. The second-order valence-electron chi connectivity index (χ2n) is 9.80. The molecule has 0 fully saturated rings. The molecule has 9 nitrogen and oxygen atoms in total. The first kappa shape index (κ1) is 26.4. The number of para-hydroxylation sites is 1. The van der Waals surface area contributed by atoms with E-state index in [2.05, 4.69) is 15.5 Å². The summed E-state index contributed by atoms with van der Waals surface area (Å²) in [6.45, 7) is 5.95. The molecule has 1 aromatic heterocycles. The maximum atomic E-state index is 13.3. The van der Waals surface area contributed by atoms with Gasteiger partial charge in [-0.15, -0.1) is 0 Å². The Kier molecular flexibility index (Phi) is 7.38. The van der Waals surface area contributed by atoms with E-state index in [1.807, 2.05) is 50.2 Å². The number of carbonyl (C=O) groups excluding carboxylic acids is 1. The molecule has 4 aromatic rings. The summed E-state index contributed by atoms with van der Waals surface area (Å²) in [5, 5.41) is 6.81. The number of sulfonamides is 1. The lowest BCUT2D eigenvalue weighted by molar-refractivity contribution is -0.118. The van der Waals surface area contributed by atoms with Crippen LogP contribution in [-0.4, -0.2) is 37.6 Å². The van der Waals surface area contributed by atoms with Gasteiger partial charge in [0.25, 0.3) is 15.9 Å². The predicted molar refractivity (Wildman–Crippen MR) is 148 cm³/mol. The van der Waals surface area contributed by atoms with Gasteiger partial charge in [0.2, 0.25) is 5.89 Å². The molecule has 1 aliphatic rings. The van der Waals surface area contributed by atoms with Crippen LogP contribution in [0.25, 0.3) is 0 Å². The molecule has 1 N–H and O–H groups in total. The molecule has 0 aliphatic carbocycles. The number of nitrogens with zero attached hydrogens (tertiary/aromatic N) is 3. The van der Waals surface area contributed by atoms with E-state index in [0.717, 1.165) is 16.8 Å². The first-order valence-electron chi connectivity index (χ1n) is 12.8. The highest BCUT2D eigenvalue weighted by Crippen LogP contribution is 2.33. The fourth-order valence-electron chi connectivity index (χ4n) is 4.43. The number of ether oxygens (including phenoxy) is 1. The van der Waals surface area contributed by atoms with Crippen LogP contribution in [0.15, 0.2) is 76.1 Å². The predicted octanol–water partition coefficient (Wildman–Crippen LogP) is 4.86. The fourth-order valence-corrected chi connectivity index (χ4v) is 6.02. The van der Waals surface area contributed by atoms with Gasteiger partial charge < -0.3 is 14.6 Å². The number of aryl methyl sites for hydroxylation is 1. The lowest BCUT2D eigenvalue weighted by Crippen LogP contribution is -2.29. The highest BCUT2D eigenvalue weighted by Gasteiger charge is 2.30. The van der Waals surface area contributed by atoms with E-state index in [9.17, 15) is 13.2 Å². The van der Waals surface area contributed by atoms with Gasteiger partial charge in [0.15, 0.2) is 12.4 Å². The van der Waals surface area contributed by atoms with Crippen molar-refractivity contribution in [1.82, 2.24) is 10.1 Å². The van der Waals surface area contributed by atoms with Crippen molar-refractivity contribution in [3.05, 3.63) is 95.1 Å². The molecule has 3 aromatic carbocycles. The number of anilines is 2. The van der Waals surface area contributed by atoms with E-state index in [-0.39, 0.29) is 23.3 Å². The van der Waals surface area contributed by atoms with Gasteiger partial charge in [-0.25, -0.2) is 8.42 Å². The zero-order valence-electron chi connectivity index (χ0n) is 22.0. The average Bonchev–Trinajstić information content (AvgIpc) is 3.57. The number of hydrogen-bond acceptors (Lipinski definition) is 7. The van der Waals surface area contributed by atoms with Crippen molar-refractivity contribution < 1.29 is 22.5 Å². The number of benzene rings is 3. The SMILES string of the molecule is Cc1cc(S(=O)(=O)N2CCc3ccccc32)ccc1OCC(=O)Nc1ccc(Cc2noc(C(C)C)n2)cc1. The molecule has 2 heterocycles. The zero-order chi connectivity index (χ0) is 27.6. The van der Waals surface area contributed by atoms with E-state index in [1.54, 1.807) is 31.2 Å². The van der Waals surface area contributed by atoms with Gasteiger partial charge in [0.1, 0.15) is 5.75 Å². The molecule has 0 bridgehead atoms. The number of fused-ring (bicyclic) bond motifs is 1. The topological polar surface area (TPSA) is 115 Å². The Morgan fingerprint density at radius 3 is 2.59 bits per heavy atom. The largest absolute Gasteiger partial charge is 0.483 e. The first-order valence-corrected chi connectivity index (χ1v) is 14.2. The maximum absolute atomic E-state index is 13.3. The Morgan fingerprint density at radius 1 is 1.10 bits per heavy atom. The van der Waals surface area contributed by atoms with Gasteiger partial charge in [-0.1, -0.05) is 49.3 Å². The summed E-state index contributed by atoms with van der Waals surface area (Å²) >= 11 is 0. The summed E-state index contributed by atoms with van der Waals surface area (Å²) in [6, 6.07) is 19.6. The highest BCUT2D eigenvalue weighted by molar-refractivity contribution is 7.92. The van der Waals surface area contributed by atoms with E-state index in [0.29, 0.717) is 48.1 Å². The minimum absolute atomic E-state index is 0.175. The van der Waals surface area contributed by atoms with Crippen LogP contribution in [0.4, 0.5) is 11.4 Å². The van der Waals surface area contributed by atoms with E-state index in [1.165, 1.54) is 10.4 Å². The number of nitrogens with one attached hydrogen (secondary N) is 1. The van der Waals surface area contributed by atoms with Gasteiger partial charge in [-0.2, -0.15) is 4.98 Å². The molecule has 0 radical (unpaired) electrons. The van der Waals surface area contributed by atoms with Crippen molar-refractivity contribution in [2.24, 2.45) is 0 Å². The summed E-state index contributed by atoms with van der Waals surface area (Å²) in [5.74, 6) is 1.52. The quantitative estimate of drug-likeness (QED) is 0.319. The molecule has 202 valence electrons. The minimum atomic E-state index is -3.70. The Morgan fingerprint density at radius 2 is 1.87 bits per heavy atom. The molecule has 0 saturated carbocycles. The van der Waals surface area contributed by atoms with Crippen LogP contribution < -0.4 is 14.4 Å². The van der Waals surface area contributed by atoms with Crippen molar-refractivity contribution in [3.63, 3.8) is 0 Å². The Labute approximate surface area is 227 Å². The van der Waals surface area contributed by atoms with Gasteiger partial charge in [0, 0.05) is 24.6 Å². The normalized spacial score (nSPS) is 13.0. The van der Waals surface area contributed by atoms with Gasteiger partial charge >= 0.3 is 0 Å². The molecule has 0 spiro atoms. The lowest BCUT2D eigenvalue weighted by atomic mass is 10.1. The molecule has 5 rings (SSSR count). The lowest BCUT2D eigenvalue weighted by Gasteiger charge is -2.20. The Bertz CT molecular complexity index is 1600. The third-order valence-corrected chi connectivity index (χ3v) is 8.32. The monoisotopic (exact) mass is 546 g/mol. The molecular formula is C29H30N4O5S. The summed E-state index contributed by atoms with van der Waals surface area (Å²) in [6.07, 6.45) is 1.22. The number of carbonyl (C=O) groups is 1. The zero-order valence-corrected chi connectivity index (χ0v) is 22.9. The molecule has 0 unspecified atom stereocenters. The summed E-state index contributed by atoms with van der Waals surface area (Å²) < 4.78 is 39.0. The van der Waals surface area contributed by atoms with Crippen molar-refractivity contribution in [1.29, 1.82) is 0 Å². The van der Waals surface area contributed by atoms with E-state index >= 15 is 0 Å². The maximum Gasteiger partial charge on any atom is 0.264 e. The van der Waals surface area contributed by atoms with E-state index < -0.39 is 10.0 Å². The summed E-state index contributed by atoms with van der Waals surface area (Å²) in [5.41, 5.74) is 3.99. The summed E-state index contributed by atoms with van der Waals surface area (Å²) in [7, 11) is -3.70. The molecule has 10 heteroatoms. The standard InChI is InChI=1S/C29H30N4O5S/c1-19(2)29-31-27(32-38-29)17-21-8-10-23(11-9-21)30-28(34)18-37-26-13-12-24(16-20(26)3)39(35,36)33-15-14-22-6-4-5-7-25(22)33/h4-13,16,19H,14-15,17-18H2,1-3H3,(H,30,34). The molecular weight excluding hydrogens is 516 g/mol. The third-order valence-electron chi connectivity index (χ3n) is 6.52. The van der Waals surface area contributed by atoms with Gasteiger partial charge in [0.05, 0.1) is 10.6 Å². The fraction of sp³-hybridized carbons (Fsp3) is 0.276. The van der Waals surface area contributed by atoms with Crippen molar-refractivity contribution in [3.8, 4) is 5.75 Å². The average molecular weight is 547 g/mol. The number of rotatable bonds is 9. The second-order valence-corrected chi connectivity index (χ2v) is 11.7. The smallest absolute Gasteiger partial charge is 0.264 e. The van der Waals surface area contributed by atoms with Gasteiger partial charge in [-0.05, 0) is 66.4 Å². The van der Waals surface area contributed by atoms with Crippen LogP contribution in [0, 0.1) is 6.92 Å². The second kappa shape index (κ2) is 10.9. The molecule has 0 saturated heterocycles. The van der Waals surface area contributed by atoms with Crippen LogP contribution >= 0.6 is 0 Å². The van der Waals surface area contributed by atoms with Crippen LogP contribution in [0.5, 0.6) is 5.75 Å². The first-order chi connectivity index (χ1) is 18.7. The van der Waals surface area contributed by atoms with E-state index in [4.69, 9.17) is 9.26 Å². The highest BCUT2D eigenvalue weighted by atomic mass is 32.2. The van der Waals surface area contributed by atoms with Crippen molar-refractivity contribution >= 4 is 27.3 Å². The minimum Gasteiger partial charge on any atom is -0.483 e. The summed E-state index contributed by atoms with van der Waals surface area (Å²) in [4.78, 5) is 17.1. The Balaban J connectivity index is 1.17. The molecule has 39 heavy (non-hydrogen) atoms. The Hall–Kier alpha value is -4.18. The molecule has 1 aliphatic heterocycles. The van der Waals surface area contributed by atoms with Crippen LogP contribution in [0.2, 0.25) is 0 Å². The number of amides is 1. The van der Waals surface area contributed by atoms with Crippen molar-refractivity contribution in [2.75, 3.05) is 22.8 Å². The van der Waals surface area contributed by atoms with Crippen LogP contribution in [-0.2, 0) is 27.7 Å². The molecule has 0 atom stereocenters. The van der Waals surface area contributed by atoms with Crippen LogP contribution in [0.3, 0.4) is 0 Å². The van der Waals surface area contributed by atoms with Gasteiger partial charge in [-0.3, -0.25) is 9.10 Å². The number of hydrogen-bond donors (Lipinski definition) is 1. The molecule has 1 amide bonds.